The van der Waals surface area contributed by atoms with Crippen molar-refractivity contribution in [3.63, 3.8) is 0 Å². The number of carbonyl (C=O) groups excluding carboxylic acids is 3. The largest absolute Gasteiger partial charge is 0.460 e. The molecule has 1 aromatic heterocycles. The molecule has 38 heavy (non-hydrogen) atoms. The van der Waals surface area contributed by atoms with E-state index in [9.17, 15) is 23.6 Å². The third-order valence-corrected chi connectivity index (χ3v) is 6.56. The first-order chi connectivity index (χ1) is 18.3. The van der Waals surface area contributed by atoms with Crippen LogP contribution in [0.4, 0.5) is 4.39 Å². The molecular formula is C31H17FO6. The number of ether oxygens (including phenoxy) is 1. The molecule has 0 aliphatic heterocycles. The fourth-order valence-corrected chi connectivity index (χ4v) is 4.78. The first kappa shape index (κ1) is 23.2. The number of hydrogen-bond acceptors (Lipinski definition) is 6. The fourth-order valence-electron chi connectivity index (χ4n) is 4.78. The average molecular weight is 504 g/mol. The number of aryl methyl sites for hydroxylation is 1. The monoisotopic (exact) mass is 504 g/mol. The number of rotatable bonds is 3. The van der Waals surface area contributed by atoms with E-state index >= 15 is 0 Å². The number of halogens is 1. The van der Waals surface area contributed by atoms with Crippen LogP contribution in [0, 0.1) is 12.7 Å². The van der Waals surface area contributed by atoms with E-state index in [2.05, 4.69) is 0 Å². The molecule has 0 saturated heterocycles. The fraction of sp³-hybridized carbons (Fsp3) is 0.0323. The number of benzene rings is 4. The number of esters is 1. The van der Waals surface area contributed by atoms with Crippen molar-refractivity contribution in [3.8, 4) is 16.9 Å². The Morgan fingerprint density at radius 3 is 2.18 bits per heavy atom. The van der Waals surface area contributed by atoms with Crippen LogP contribution in [0.5, 0.6) is 5.75 Å². The SMILES string of the molecule is Cc1oc2cc(OC(=O)c3cccc4c3C(=O)c3ccccc3C4=O)ccc2c(=O)c1-c1ccc(F)cc1. The molecular weight excluding hydrogens is 487 g/mol. The summed E-state index contributed by atoms with van der Waals surface area (Å²) < 4.78 is 24.8. The molecule has 0 amide bonds. The normalized spacial score (nSPS) is 12.3. The number of fused-ring (bicyclic) bond motifs is 3. The lowest BCUT2D eigenvalue weighted by Crippen LogP contribution is -2.25. The summed E-state index contributed by atoms with van der Waals surface area (Å²) in [6.45, 7) is 1.62. The van der Waals surface area contributed by atoms with Gasteiger partial charge in [0.15, 0.2) is 11.6 Å². The van der Waals surface area contributed by atoms with Crippen molar-refractivity contribution in [3.05, 3.63) is 135 Å². The van der Waals surface area contributed by atoms with E-state index in [1.165, 1.54) is 60.7 Å². The molecule has 6 nitrogen and oxygen atoms in total. The Hall–Kier alpha value is -5.17. The highest BCUT2D eigenvalue weighted by atomic mass is 19.1. The van der Waals surface area contributed by atoms with Crippen LogP contribution in [0.3, 0.4) is 0 Å². The average Bonchev–Trinajstić information content (AvgIpc) is 2.92. The minimum Gasteiger partial charge on any atom is -0.460 e. The summed E-state index contributed by atoms with van der Waals surface area (Å²) in [4.78, 5) is 52.6. The van der Waals surface area contributed by atoms with Gasteiger partial charge in [0.25, 0.3) is 0 Å². The first-order valence-electron chi connectivity index (χ1n) is 11.7. The van der Waals surface area contributed by atoms with Crippen molar-refractivity contribution in [2.75, 3.05) is 0 Å². The summed E-state index contributed by atoms with van der Waals surface area (Å²) >= 11 is 0. The topological polar surface area (TPSA) is 90.7 Å². The van der Waals surface area contributed by atoms with Gasteiger partial charge in [-0.15, -0.1) is 0 Å². The van der Waals surface area contributed by atoms with Gasteiger partial charge in [0.1, 0.15) is 22.9 Å². The van der Waals surface area contributed by atoms with Gasteiger partial charge in [-0.1, -0.05) is 48.5 Å². The molecule has 4 aromatic carbocycles. The highest BCUT2D eigenvalue weighted by Gasteiger charge is 2.33. The molecule has 0 saturated carbocycles. The van der Waals surface area contributed by atoms with E-state index in [0.717, 1.165) is 0 Å². The molecule has 0 N–H and O–H groups in total. The quantitative estimate of drug-likeness (QED) is 0.220. The maximum absolute atomic E-state index is 13.3. The van der Waals surface area contributed by atoms with E-state index in [-0.39, 0.29) is 55.7 Å². The van der Waals surface area contributed by atoms with Crippen molar-refractivity contribution in [2.24, 2.45) is 0 Å². The first-order valence-corrected chi connectivity index (χ1v) is 11.7. The van der Waals surface area contributed by atoms with Crippen LogP contribution in [-0.4, -0.2) is 17.5 Å². The zero-order chi connectivity index (χ0) is 26.6. The van der Waals surface area contributed by atoms with Gasteiger partial charge >= 0.3 is 5.97 Å². The van der Waals surface area contributed by atoms with Crippen LogP contribution in [0.1, 0.15) is 48.0 Å². The van der Waals surface area contributed by atoms with Gasteiger partial charge in [0.2, 0.25) is 5.43 Å². The molecule has 0 spiro atoms. The van der Waals surface area contributed by atoms with Crippen LogP contribution in [0.25, 0.3) is 22.1 Å². The molecule has 6 rings (SSSR count). The molecule has 0 unspecified atom stereocenters. The summed E-state index contributed by atoms with van der Waals surface area (Å²) in [7, 11) is 0. The minimum atomic E-state index is -0.830. The van der Waals surface area contributed by atoms with Gasteiger partial charge in [-0.05, 0) is 42.8 Å². The highest BCUT2D eigenvalue weighted by molar-refractivity contribution is 6.30. The predicted molar refractivity (Wildman–Crippen MR) is 137 cm³/mol. The van der Waals surface area contributed by atoms with E-state index in [1.807, 2.05) is 0 Å². The second kappa shape index (κ2) is 8.74. The standard InChI is InChI=1S/C31H17FO6/c1-16-26(17-9-11-18(32)12-10-17)30(35)22-14-13-19(15-25(22)37-16)38-31(36)24-8-4-7-23-27(24)29(34)21-6-3-2-5-20(21)28(23)33/h2-15H,1H3. The van der Waals surface area contributed by atoms with Crippen molar-refractivity contribution in [1.29, 1.82) is 0 Å². The molecule has 0 fully saturated rings. The maximum atomic E-state index is 13.3. The lowest BCUT2D eigenvalue weighted by molar-refractivity contribution is 0.0730. The Morgan fingerprint density at radius 2 is 1.45 bits per heavy atom. The van der Waals surface area contributed by atoms with E-state index in [1.54, 1.807) is 31.2 Å². The zero-order valence-corrected chi connectivity index (χ0v) is 19.9. The van der Waals surface area contributed by atoms with E-state index < -0.39 is 17.6 Å². The number of ketones is 2. The lowest BCUT2D eigenvalue weighted by atomic mass is 9.82. The van der Waals surface area contributed by atoms with Crippen LogP contribution >= 0.6 is 0 Å². The minimum absolute atomic E-state index is 0.00620. The van der Waals surface area contributed by atoms with E-state index in [0.29, 0.717) is 16.9 Å². The molecule has 5 aromatic rings. The molecule has 184 valence electrons. The van der Waals surface area contributed by atoms with Gasteiger partial charge in [-0.25, -0.2) is 9.18 Å². The Bertz CT molecular complexity index is 1880. The summed E-state index contributed by atoms with van der Waals surface area (Å²) in [6.07, 6.45) is 0. The highest BCUT2D eigenvalue weighted by Crippen LogP contribution is 2.31. The Labute approximate surface area is 214 Å². The van der Waals surface area contributed by atoms with Crippen molar-refractivity contribution in [2.45, 2.75) is 6.92 Å². The third kappa shape index (κ3) is 3.64. The summed E-state index contributed by atoms with van der Waals surface area (Å²) in [5, 5.41) is 0.254. The predicted octanol–water partition coefficient (Wildman–Crippen LogP) is 5.90. The lowest BCUT2D eigenvalue weighted by Gasteiger charge is -2.19. The molecule has 0 bridgehead atoms. The smallest absolute Gasteiger partial charge is 0.344 e. The van der Waals surface area contributed by atoms with Gasteiger partial charge < -0.3 is 9.15 Å². The maximum Gasteiger partial charge on any atom is 0.344 e. The van der Waals surface area contributed by atoms with Gasteiger partial charge in [0, 0.05) is 28.3 Å². The second-order valence-corrected chi connectivity index (χ2v) is 8.85. The molecule has 1 heterocycles. The van der Waals surface area contributed by atoms with E-state index in [4.69, 9.17) is 9.15 Å². The molecule has 7 heteroatoms. The van der Waals surface area contributed by atoms with Crippen molar-refractivity contribution >= 4 is 28.5 Å². The van der Waals surface area contributed by atoms with Crippen molar-refractivity contribution < 1.29 is 27.9 Å². The summed E-state index contributed by atoms with van der Waals surface area (Å²) in [5.41, 5.74) is 1.31. The van der Waals surface area contributed by atoms with Crippen LogP contribution < -0.4 is 10.2 Å². The van der Waals surface area contributed by atoms with Crippen LogP contribution in [0.15, 0.2) is 94.1 Å². The summed E-state index contributed by atoms with van der Waals surface area (Å²) in [5.74, 6) is -1.62. The number of hydrogen-bond donors (Lipinski definition) is 0. The van der Waals surface area contributed by atoms with Gasteiger partial charge in [-0.2, -0.15) is 0 Å². The second-order valence-electron chi connectivity index (χ2n) is 8.85. The van der Waals surface area contributed by atoms with Crippen LogP contribution in [-0.2, 0) is 0 Å². The zero-order valence-electron chi connectivity index (χ0n) is 19.9. The van der Waals surface area contributed by atoms with Gasteiger partial charge in [-0.3, -0.25) is 14.4 Å². The third-order valence-electron chi connectivity index (χ3n) is 6.56. The van der Waals surface area contributed by atoms with Crippen molar-refractivity contribution in [1.82, 2.24) is 0 Å². The number of carbonyl (C=O) groups is 3. The Balaban J connectivity index is 1.37. The van der Waals surface area contributed by atoms with Gasteiger partial charge in [0.05, 0.1) is 16.5 Å². The van der Waals surface area contributed by atoms with Crippen LogP contribution in [0.2, 0.25) is 0 Å². The molecule has 0 radical (unpaired) electrons. The Kier molecular flexibility index (Phi) is 5.35. The Morgan fingerprint density at radius 1 is 0.763 bits per heavy atom. The molecule has 0 atom stereocenters. The molecule has 1 aliphatic rings. The molecule has 1 aliphatic carbocycles. The summed E-state index contributed by atoms with van der Waals surface area (Å²) in [6, 6.07) is 20.8.